The van der Waals surface area contributed by atoms with Crippen LogP contribution in [0.3, 0.4) is 0 Å². The van der Waals surface area contributed by atoms with Gasteiger partial charge in [-0.1, -0.05) is 11.6 Å². The lowest BCUT2D eigenvalue weighted by atomic mass is 10.3. The number of carbonyl (C=O) groups excluding carboxylic acids is 1. The third-order valence-electron chi connectivity index (χ3n) is 1.53. The molecule has 0 amide bonds. The van der Waals surface area contributed by atoms with Crippen LogP contribution in [0.1, 0.15) is 16.2 Å². The third-order valence-corrected chi connectivity index (χ3v) is 1.82. The van der Waals surface area contributed by atoms with E-state index in [0.29, 0.717) is 12.2 Å². The summed E-state index contributed by atoms with van der Waals surface area (Å²) in [6.45, 7) is -0.0616. The van der Waals surface area contributed by atoms with Gasteiger partial charge in [0.05, 0.1) is 13.7 Å². The van der Waals surface area contributed by atoms with Crippen LogP contribution in [0.2, 0.25) is 5.15 Å². The number of methoxy groups -OCH3 is 1. The molecule has 0 aliphatic rings. The Balaban J connectivity index is 2.95. The monoisotopic (exact) mass is 216 g/mol. The van der Waals surface area contributed by atoms with E-state index in [1.807, 2.05) is 0 Å². The number of hydrogen-bond donors (Lipinski definition) is 1. The highest BCUT2D eigenvalue weighted by Gasteiger charge is 2.12. The van der Waals surface area contributed by atoms with Crippen molar-refractivity contribution in [3.63, 3.8) is 0 Å². The highest BCUT2D eigenvalue weighted by atomic mass is 35.5. The number of nitrogens with zero attached hydrogens (tertiary/aromatic N) is 2. The van der Waals surface area contributed by atoms with Crippen molar-refractivity contribution < 1.29 is 14.6 Å². The molecule has 5 nitrogen and oxygen atoms in total. The number of carbonyl (C=O) groups is 1. The van der Waals surface area contributed by atoms with Crippen LogP contribution in [0.5, 0.6) is 0 Å². The first-order valence-electron chi connectivity index (χ1n) is 3.89. The normalized spacial score (nSPS) is 9.93. The smallest absolute Gasteiger partial charge is 0.342 e. The van der Waals surface area contributed by atoms with E-state index in [1.165, 1.54) is 13.3 Å². The number of rotatable bonds is 3. The van der Waals surface area contributed by atoms with Gasteiger partial charge in [-0.25, -0.2) is 14.8 Å². The molecule has 0 aliphatic heterocycles. The maximum Gasteiger partial charge on any atom is 0.342 e. The standard InChI is InChI=1S/C8H9ClN2O3/c1-14-8(13)5-4-10-6(2-3-12)11-7(5)9/h4,12H,2-3H2,1H3. The summed E-state index contributed by atoms with van der Waals surface area (Å²) in [4.78, 5) is 18.7. The van der Waals surface area contributed by atoms with E-state index in [-0.39, 0.29) is 17.3 Å². The molecule has 0 unspecified atom stereocenters. The van der Waals surface area contributed by atoms with E-state index >= 15 is 0 Å². The second kappa shape index (κ2) is 4.88. The molecule has 0 spiro atoms. The first-order valence-corrected chi connectivity index (χ1v) is 4.27. The van der Waals surface area contributed by atoms with Gasteiger partial charge in [0.25, 0.3) is 0 Å². The average molecular weight is 217 g/mol. The molecule has 1 aromatic heterocycles. The van der Waals surface area contributed by atoms with E-state index in [9.17, 15) is 4.79 Å². The lowest BCUT2D eigenvalue weighted by Crippen LogP contribution is -2.07. The fourth-order valence-corrected chi connectivity index (χ4v) is 1.09. The van der Waals surface area contributed by atoms with Crippen molar-refractivity contribution in [2.45, 2.75) is 6.42 Å². The minimum Gasteiger partial charge on any atom is -0.465 e. The van der Waals surface area contributed by atoms with Crippen molar-refractivity contribution in [2.24, 2.45) is 0 Å². The fraction of sp³-hybridized carbons (Fsp3) is 0.375. The Kier molecular flexibility index (Phi) is 3.79. The number of hydrogen-bond acceptors (Lipinski definition) is 5. The van der Waals surface area contributed by atoms with Gasteiger partial charge >= 0.3 is 5.97 Å². The van der Waals surface area contributed by atoms with Gasteiger partial charge in [0.2, 0.25) is 0 Å². The highest BCUT2D eigenvalue weighted by molar-refractivity contribution is 6.32. The van der Waals surface area contributed by atoms with Crippen LogP contribution < -0.4 is 0 Å². The van der Waals surface area contributed by atoms with E-state index in [4.69, 9.17) is 16.7 Å². The summed E-state index contributed by atoms with van der Waals surface area (Å²) in [5.41, 5.74) is 0.121. The molecule has 0 atom stereocenters. The molecule has 0 saturated heterocycles. The molecule has 6 heteroatoms. The van der Waals surface area contributed by atoms with E-state index in [2.05, 4.69) is 14.7 Å². The molecule has 0 radical (unpaired) electrons. The minimum atomic E-state index is -0.578. The molecule has 1 heterocycles. The van der Waals surface area contributed by atoms with Crippen LogP contribution in [0.4, 0.5) is 0 Å². The van der Waals surface area contributed by atoms with Crippen LogP contribution in [0.15, 0.2) is 6.20 Å². The quantitative estimate of drug-likeness (QED) is 0.587. The Morgan fingerprint density at radius 2 is 2.43 bits per heavy atom. The average Bonchev–Trinajstić information content (AvgIpc) is 2.17. The zero-order valence-electron chi connectivity index (χ0n) is 7.53. The molecule has 0 aromatic carbocycles. The van der Waals surface area contributed by atoms with Crippen LogP contribution in [0.25, 0.3) is 0 Å². The topological polar surface area (TPSA) is 72.3 Å². The Morgan fingerprint density at radius 1 is 1.71 bits per heavy atom. The SMILES string of the molecule is COC(=O)c1cnc(CCO)nc1Cl. The molecular formula is C8H9ClN2O3. The zero-order chi connectivity index (χ0) is 10.6. The molecule has 0 bridgehead atoms. The summed E-state index contributed by atoms with van der Waals surface area (Å²) >= 11 is 5.71. The van der Waals surface area contributed by atoms with Gasteiger partial charge in [0.15, 0.2) is 0 Å². The Labute approximate surface area is 85.7 Å². The molecule has 0 fully saturated rings. The molecule has 1 rings (SSSR count). The zero-order valence-corrected chi connectivity index (χ0v) is 8.28. The second-order valence-electron chi connectivity index (χ2n) is 2.46. The maximum atomic E-state index is 11.1. The summed E-state index contributed by atoms with van der Waals surface area (Å²) in [5, 5.41) is 8.66. The van der Waals surface area contributed by atoms with Crippen LogP contribution in [-0.4, -0.2) is 34.8 Å². The number of ether oxygens (including phenoxy) is 1. The van der Waals surface area contributed by atoms with Gasteiger partial charge < -0.3 is 9.84 Å². The van der Waals surface area contributed by atoms with Gasteiger partial charge in [-0.2, -0.15) is 0 Å². The van der Waals surface area contributed by atoms with Crippen LogP contribution >= 0.6 is 11.6 Å². The summed E-state index contributed by atoms with van der Waals surface area (Å²) in [5.74, 6) is -0.185. The van der Waals surface area contributed by atoms with Gasteiger partial charge in [-0.15, -0.1) is 0 Å². The van der Waals surface area contributed by atoms with Crippen LogP contribution in [0, 0.1) is 0 Å². The van der Waals surface area contributed by atoms with E-state index in [1.54, 1.807) is 0 Å². The number of esters is 1. The minimum absolute atomic E-state index is 0.0373. The van der Waals surface area contributed by atoms with Crippen molar-refractivity contribution in [1.29, 1.82) is 0 Å². The highest BCUT2D eigenvalue weighted by Crippen LogP contribution is 2.12. The third kappa shape index (κ3) is 2.40. The second-order valence-corrected chi connectivity index (χ2v) is 2.81. The predicted molar refractivity (Wildman–Crippen MR) is 49.2 cm³/mol. The first-order chi connectivity index (χ1) is 6.69. The number of aliphatic hydroxyl groups excluding tert-OH is 1. The predicted octanol–water partition coefficient (Wildman–Crippen LogP) is 0.451. The lowest BCUT2D eigenvalue weighted by Gasteiger charge is -2.02. The molecule has 0 saturated carbocycles. The molecule has 14 heavy (non-hydrogen) atoms. The molecular weight excluding hydrogens is 208 g/mol. The van der Waals surface area contributed by atoms with Crippen molar-refractivity contribution >= 4 is 17.6 Å². The van der Waals surface area contributed by atoms with Crippen molar-refractivity contribution in [3.05, 3.63) is 22.7 Å². The number of halogens is 1. The largest absolute Gasteiger partial charge is 0.465 e. The number of aromatic nitrogens is 2. The summed E-state index contributed by atoms with van der Waals surface area (Å²) in [6, 6.07) is 0. The van der Waals surface area contributed by atoms with Crippen LogP contribution in [-0.2, 0) is 11.2 Å². The Hall–Kier alpha value is -1.20. The van der Waals surface area contributed by atoms with Crippen molar-refractivity contribution in [2.75, 3.05) is 13.7 Å². The molecule has 1 N–H and O–H groups in total. The Bertz CT molecular complexity index is 343. The maximum absolute atomic E-state index is 11.1. The van der Waals surface area contributed by atoms with Crippen molar-refractivity contribution in [3.8, 4) is 0 Å². The Morgan fingerprint density at radius 3 is 2.93 bits per heavy atom. The summed E-state index contributed by atoms with van der Waals surface area (Å²) < 4.78 is 4.46. The van der Waals surface area contributed by atoms with Crippen molar-refractivity contribution in [1.82, 2.24) is 9.97 Å². The summed E-state index contributed by atoms with van der Waals surface area (Å²) in [6.07, 6.45) is 1.59. The lowest BCUT2D eigenvalue weighted by molar-refractivity contribution is 0.0600. The van der Waals surface area contributed by atoms with Gasteiger partial charge in [0, 0.05) is 12.6 Å². The van der Waals surface area contributed by atoms with Gasteiger partial charge in [-0.3, -0.25) is 0 Å². The van der Waals surface area contributed by atoms with Gasteiger partial charge in [0.1, 0.15) is 16.5 Å². The van der Waals surface area contributed by atoms with E-state index in [0.717, 1.165) is 0 Å². The number of aliphatic hydroxyl groups is 1. The first kappa shape index (κ1) is 10.9. The van der Waals surface area contributed by atoms with E-state index < -0.39 is 5.97 Å². The summed E-state index contributed by atoms with van der Waals surface area (Å²) in [7, 11) is 1.25. The van der Waals surface area contributed by atoms with Gasteiger partial charge in [-0.05, 0) is 0 Å². The fourth-order valence-electron chi connectivity index (χ4n) is 0.862. The molecule has 1 aromatic rings. The molecule has 76 valence electrons. The molecule has 0 aliphatic carbocycles.